The molecule has 0 saturated carbocycles. The SMILES string of the molecule is CCN(CC)c1cccc(CN(C(=O)C(C)(C)C)c2ccc(F)cc2)n1.Cl. The molecule has 1 heterocycles. The highest BCUT2D eigenvalue weighted by Gasteiger charge is 2.28. The molecule has 0 aliphatic heterocycles. The van der Waals surface area contributed by atoms with Gasteiger partial charge in [0, 0.05) is 24.2 Å². The molecule has 0 N–H and O–H groups in total. The molecule has 0 fully saturated rings. The van der Waals surface area contributed by atoms with Crippen LogP contribution in [0.2, 0.25) is 0 Å². The van der Waals surface area contributed by atoms with E-state index in [2.05, 4.69) is 18.7 Å². The molecule has 0 saturated heterocycles. The van der Waals surface area contributed by atoms with Gasteiger partial charge in [-0.25, -0.2) is 9.37 Å². The average molecular weight is 394 g/mol. The Morgan fingerprint density at radius 2 is 1.63 bits per heavy atom. The van der Waals surface area contributed by atoms with Crippen molar-refractivity contribution in [3.8, 4) is 0 Å². The predicted octanol–water partition coefficient (Wildman–Crippen LogP) is 5.07. The van der Waals surface area contributed by atoms with Gasteiger partial charge in [-0.05, 0) is 50.2 Å². The molecule has 2 aromatic rings. The summed E-state index contributed by atoms with van der Waals surface area (Å²) >= 11 is 0. The van der Waals surface area contributed by atoms with E-state index in [9.17, 15) is 9.18 Å². The van der Waals surface area contributed by atoms with Gasteiger partial charge >= 0.3 is 0 Å². The van der Waals surface area contributed by atoms with E-state index in [4.69, 9.17) is 4.98 Å². The quantitative estimate of drug-likeness (QED) is 0.687. The zero-order chi connectivity index (χ0) is 19.3. The van der Waals surface area contributed by atoms with Crippen LogP contribution in [0, 0.1) is 11.2 Å². The molecule has 0 spiro atoms. The molecule has 4 nitrogen and oxygen atoms in total. The van der Waals surface area contributed by atoms with Gasteiger partial charge in [-0.15, -0.1) is 12.4 Å². The van der Waals surface area contributed by atoms with Gasteiger partial charge in [-0.1, -0.05) is 26.8 Å². The molecule has 1 amide bonds. The Labute approximate surface area is 167 Å². The van der Waals surface area contributed by atoms with Gasteiger partial charge in [0.2, 0.25) is 5.91 Å². The summed E-state index contributed by atoms with van der Waals surface area (Å²) in [5, 5.41) is 0. The highest BCUT2D eigenvalue weighted by molar-refractivity contribution is 5.96. The summed E-state index contributed by atoms with van der Waals surface area (Å²) in [5.74, 6) is 0.549. The third kappa shape index (κ3) is 5.93. The summed E-state index contributed by atoms with van der Waals surface area (Å²) in [5.41, 5.74) is 0.919. The van der Waals surface area contributed by atoms with Crippen molar-refractivity contribution in [1.82, 2.24) is 4.98 Å². The number of anilines is 2. The summed E-state index contributed by atoms with van der Waals surface area (Å²) in [6.45, 7) is 11.9. The number of amides is 1. The molecule has 0 atom stereocenters. The lowest BCUT2D eigenvalue weighted by Crippen LogP contribution is -2.39. The van der Waals surface area contributed by atoms with Crippen LogP contribution in [0.4, 0.5) is 15.9 Å². The van der Waals surface area contributed by atoms with E-state index in [0.29, 0.717) is 12.2 Å². The van der Waals surface area contributed by atoms with Crippen molar-refractivity contribution in [1.29, 1.82) is 0 Å². The number of nitrogens with zero attached hydrogens (tertiary/aromatic N) is 3. The molecule has 0 unspecified atom stereocenters. The average Bonchev–Trinajstić information content (AvgIpc) is 2.61. The van der Waals surface area contributed by atoms with Crippen molar-refractivity contribution in [3.05, 3.63) is 54.0 Å². The Kier molecular flexibility index (Phi) is 8.22. The zero-order valence-corrected chi connectivity index (χ0v) is 17.5. The number of benzene rings is 1. The number of pyridine rings is 1. The molecule has 2 rings (SSSR count). The Hall–Kier alpha value is -2.14. The van der Waals surface area contributed by atoms with E-state index >= 15 is 0 Å². The second kappa shape index (κ2) is 9.70. The highest BCUT2D eigenvalue weighted by atomic mass is 35.5. The first kappa shape index (κ1) is 22.9. The largest absolute Gasteiger partial charge is 0.357 e. The first-order valence-electron chi connectivity index (χ1n) is 9.04. The van der Waals surface area contributed by atoms with Crippen LogP contribution in [0.15, 0.2) is 42.5 Å². The Balaban J connectivity index is 0.00000364. The van der Waals surface area contributed by atoms with Crippen molar-refractivity contribution in [2.45, 2.75) is 41.2 Å². The number of aromatic nitrogens is 1. The van der Waals surface area contributed by atoms with Crippen LogP contribution in [0.5, 0.6) is 0 Å². The van der Waals surface area contributed by atoms with Crippen molar-refractivity contribution >= 4 is 29.8 Å². The Morgan fingerprint density at radius 1 is 1.04 bits per heavy atom. The van der Waals surface area contributed by atoms with Gasteiger partial charge in [0.15, 0.2) is 0 Å². The zero-order valence-electron chi connectivity index (χ0n) is 16.7. The normalized spacial score (nSPS) is 10.9. The maximum atomic E-state index is 13.3. The number of rotatable bonds is 6. The van der Waals surface area contributed by atoms with Crippen molar-refractivity contribution in [2.75, 3.05) is 22.9 Å². The van der Waals surface area contributed by atoms with Crippen molar-refractivity contribution < 1.29 is 9.18 Å². The van der Waals surface area contributed by atoms with Crippen LogP contribution in [0.25, 0.3) is 0 Å². The van der Waals surface area contributed by atoms with E-state index in [1.54, 1.807) is 17.0 Å². The molecule has 0 aliphatic carbocycles. The molecule has 0 bridgehead atoms. The minimum atomic E-state index is -0.551. The molecule has 1 aromatic heterocycles. The smallest absolute Gasteiger partial charge is 0.232 e. The summed E-state index contributed by atoms with van der Waals surface area (Å²) in [6, 6.07) is 11.9. The van der Waals surface area contributed by atoms with Gasteiger partial charge < -0.3 is 9.80 Å². The second-order valence-corrected chi connectivity index (χ2v) is 7.28. The Bertz CT molecular complexity index is 740. The highest BCUT2D eigenvalue weighted by Crippen LogP contribution is 2.25. The number of halogens is 2. The van der Waals surface area contributed by atoms with Crippen LogP contribution < -0.4 is 9.80 Å². The summed E-state index contributed by atoms with van der Waals surface area (Å²) in [6.07, 6.45) is 0. The first-order chi connectivity index (χ1) is 12.3. The van der Waals surface area contributed by atoms with Gasteiger partial charge in [-0.2, -0.15) is 0 Å². The molecular weight excluding hydrogens is 365 g/mol. The maximum Gasteiger partial charge on any atom is 0.232 e. The van der Waals surface area contributed by atoms with Gasteiger partial charge in [-0.3, -0.25) is 4.79 Å². The molecule has 0 aliphatic rings. The third-order valence-corrected chi connectivity index (χ3v) is 4.22. The standard InChI is InChI=1S/C21H28FN3O.ClH/c1-6-24(7-2)19-10-8-9-17(23-19)15-25(20(26)21(3,4)5)18-13-11-16(22)12-14-18;/h8-14H,6-7,15H2,1-5H3;1H. The van der Waals surface area contributed by atoms with E-state index in [1.165, 1.54) is 12.1 Å². The van der Waals surface area contributed by atoms with E-state index in [-0.39, 0.29) is 24.1 Å². The Morgan fingerprint density at radius 3 is 2.15 bits per heavy atom. The van der Waals surface area contributed by atoms with Crippen LogP contribution in [0.1, 0.15) is 40.3 Å². The number of carbonyl (C=O) groups is 1. The van der Waals surface area contributed by atoms with Crippen LogP contribution in [0.3, 0.4) is 0 Å². The summed E-state index contributed by atoms with van der Waals surface area (Å²) in [7, 11) is 0. The monoisotopic (exact) mass is 393 g/mol. The van der Waals surface area contributed by atoms with Gasteiger partial charge in [0.1, 0.15) is 11.6 Å². The van der Waals surface area contributed by atoms with Gasteiger partial charge in [0.05, 0.1) is 12.2 Å². The molecule has 148 valence electrons. The minimum Gasteiger partial charge on any atom is -0.357 e. The molecule has 0 radical (unpaired) electrons. The van der Waals surface area contributed by atoms with E-state index in [0.717, 1.165) is 24.6 Å². The van der Waals surface area contributed by atoms with E-state index < -0.39 is 5.41 Å². The van der Waals surface area contributed by atoms with E-state index in [1.807, 2.05) is 39.0 Å². The van der Waals surface area contributed by atoms with Gasteiger partial charge in [0.25, 0.3) is 0 Å². The maximum absolute atomic E-state index is 13.3. The third-order valence-electron chi connectivity index (χ3n) is 4.22. The molecule has 6 heteroatoms. The molecule has 27 heavy (non-hydrogen) atoms. The number of hydrogen-bond acceptors (Lipinski definition) is 3. The molecule has 1 aromatic carbocycles. The second-order valence-electron chi connectivity index (χ2n) is 7.28. The summed E-state index contributed by atoms with van der Waals surface area (Å²) in [4.78, 5) is 21.5. The fourth-order valence-corrected chi connectivity index (χ4v) is 2.75. The summed E-state index contributed by atoms with van der Waals surface area (Å²) < 4.78 is 13.3. The lowest BCUT2D eigenvalue weighted by atomic mass is 9.94. The lowest BCUT2D eigenvalue weighted by molar-refractivity contribution is -0.125. The lowest BCUT2D eigenvalue weighted by Gasteiger charge is -2.30. The minimum absolute atomic E-state index is 0. The fourth-order valence-electron chi connectivity index (χ4n) is 2.75. The predicted molar refractivity (Wildman–Crippen MR) is 112 cm³/mol. The van der Waals surface area contributed by atoms with Crippen LogP contribution in [-0.4, -0.2) is 24.0 Å². The van der Waals surface area contributed by atoms with Crippen LogP contribution in [-0.2, 0) is 11.3 Å². The topological polar surface area (TPSA) is 36.4 Å². The number of hydrogen-bond donors (Lipinski definition) is 0. The van der Waals surface area contributed by atoms with Crippen LogP contribution >= 0.6 is 12.4 Å². The van der Waals surface area contributed by atoms with Crippen molar-refractivity contribution in [2.24, 2.45) is 5.41 Å². The fraction of sp³-hybridized carbons (Fsp3) is 0.429. The molecular formula is C21H29ClFN3O. The van der Waals surface area contributed by atoms with Crippen molar-refractivity contribution in [3.63, 3.8) is 0 Å². The number of carbonyl (C=O) groups excluding carboxylic acids is 1. The first-order valence-corrected chi connectivity index (χ1v) is 9.04.